The number of rotatable bonds is 5. The second-order valence-corrected chi connectivity index (χ2v) is 6.52. The fourth-order valence-corrected chi connectivity index (χ4v) is 3.72. The Morgan fingerprint density at radius 2 is 2.20 bits per heavy atom. The minimum absolute atomic E-state index is 0.171. The smallest absolute Gasteiger partial charge is 0.119 e. The van der Waals surface area contributed by atoms with Gasteiger partial charge in [0.25, 0.3) is 0 Å². The first kappa shape index (κ1) is 15.7. The minimum Gasteiger partial charge on any atom is -0.497 e. The van der Waals surface area contributed by atoms with E-state index in [1.807, 2.05) is 6.07 Å². The molecule has 2 atom stereocenters. The number of hydrogen-bond donors (Lipinski definition) is 1. The van der Waals surface area contributed by atoms with Crippen LogP contribution in [0, 0.1) is 0 Å². The lowest BCUT2D eigenvalue weighted by Crippen LogP contribution is -2.42. The number of methoxy groups -OCH3 is 1. The van der Waals surface area contributed by atoms with Gasteiger partial charge in [0.15, 0.2) is 0 Å². The highest BCUT2D eigenvalue weighted by molar-refractivity contribution is 7.99. The Morgan fingerprint density at radius 3 is 2.95 bits per heavy atom. The van der Waals surface area contributed by atoms with Gasteiger partial charge in [-0.15, -0.1) is 0 Å². The number of thioether (sulfide) groups is 1. The molecular weight excluding hydrogens is 268 g/mol. The molecule has 4 heteroatoms. The maximum atomic E-state index is 6.43. The second kappa shape index (κ2) is 7.91. The van der Waals surface area contributed by atoms with E-state index in [0.717, 1.165) is 25.3 Å². The zero-order valence-corrected chi connectivity index (χ0v) is 13.4. The number of ether oxygens (including phenoxy) is 1. The molecule has 2 N–H and O–H groups in total. The van der Waals surface area contributed by atoms with Crippen LogP contribution in [0.3, 0.4) is 0 Å². The largest absolute Gasteiger partial charge is 0.497 e. The summed E-state index contributed by atoms with van der Waals surface area (Å²) in [5, 5.41) is 0. The molecule has 1 aromatic rings. The van der Waals surface area contributed by atoms with Gasteiger partial charge in [0.1, 0.15) is 5.75 Å². The van der Waals surface area contributed by atoms with E-state index >= 15 is 0 Å². The molecule has 0 amide bonds. The molecule has 0 saturated carbocycles. The number of benzene rings is 1. The highest BCUT2D eigenvalue weighted by atomic mass is 32.2. The van der Waals surface area contributed by atoms with Gasteiger partial charge >= 0.3 is 0 Å². The van der Waals surface area contributed by atoms with Crippen LogP contribution >= 0.6 is 11.8 Å². The first-order valence-corrected chi connectivity index (χ1v) is 8.63. The van der Waals surface area contributed by atoms with Crippen molar-refractivity contribution in [2.75, 3.05) is 31.7 Å². The molecule has 3 nitrogen and oxygen atoms in total. The topological polar surface area (TPSA) is 38.5 Å². The molecule has 0 spiro atoms. The third kappa shape index (κ3) is 3.90. The van der Waals surface area contributed by atoms with Crippen LogP contribution in [-0.4, -0.2) is 42.6 Å². The molecule has 1 aromatic carbocycles. The van der Waals surface area contributed by atoms with E-state index < -0.39 is 0 Å². The normalized spacial score (nSPS) is 20.1. The van der Waals surface area contributed by atoms with Crippen molar-refractivity contribution in [3.63, 3.8) is 0 Å². The summed E-state index contributed by atoms with van der Waals surface area (Å²) < 4.78 is 5.37. The van der Waals surface area contributed by atoms with Gasteiger partial charge in [0.2, 0.25) is 0 Å². The Labute approximate surface area is 126 Å². The molecule has 2 rings (SSSR count). The number of nitrogens with zero attached hydrogens (tertiary/aromatic N) is 1. The molecule has 0 radical (unpaired) electrons. The molecule has 1 fully saturated rings. The van der Waals surface area contributed by atoms with Crippen molar-refractivity contribution in [3.05, 3.63) is 29.8 Å². The van der Waals surface area contributed by atoms with Gasteiger partial charge in [-0.1, -0.05) is 19.1 Å². The van der Waals surface area contributed by atoms with Gasteiger partial charge in [-0.05, 0) is 42.8 Å². The second-order valence-electron chi connectivity index (χ2n) is 5.30. The Bertz CT molecular complexity index is 405. The van der Waals surface area contributed by atoms with Crippen LogP contribution in [0.15, 0.2) is 24.3 Å². The Balaban J connectivity index is 2.25. The van der Waals surface area contributed by atoms with Crippen molar-refractivity contribution in [1.29, 1.82) is 0 Å². The quantitative estimate of drug-likeness (QED) is 0.906. The fourth-order valence-electron chi connectivity index (χ4n) is 2.82. The lowest BCUT2D eigenvalue weighted by atomic mass is 9.96. The molecule has 1 saturated heterocycles. The van der Waals surface area contributed by atoms with Gasteiger partial charge < -0.3 is 10.5 Å². The van der Waals surface area contributed by atoms with Crippen LogP contribution in [-0.2, 0) is 0 Å². The van der Waals surface area contributed by atoms with Crippen LogP contribution in [0.1, 0.15) is 31.4 Å². The number of hydrogen-bond acceptors (Lipinski definition) is 4. The first-order chi connectivity index (χ1) is 9.76. The number of nitrogens with two attached hydrogens (primary N) is 1. The van der Waals surface area contributed by atoms with Crippen molar-refractivity contribution in [3.8, 4) is 5.75 Å². The van der Waals surface area contributed by atoms with Crippen LogP contribution in [0.5, 0.6) is 5.75 Å². The molecular formula is C16H26N2OS. The molecule has 1 aliphatic heterocycles. The SMILES string of the molecule is CCC(N)C(c1cccc(OC)c1)N1CCCSCC1. The predicted octanol–water partition coefficient (Wildman–Crippen LogP) is 2.91. The predicted molar refractivity (Wildman–Crippen MR) is 87.5 cm³/mol. The van der Waals surface area contributed by atoms with Crippen molar-refractivity contribution < 1.29 is 4.74 Å². The Morgan fingerprint density at radius 1 is 1.35 bits per heavy atom. The third-order valence-electron chi connectivity index (χ3n) is 3.96. The summed E-state index contributed by atoms with van der Waals surface area (Å²) in [5.41, 5.74) is 7.72. The van der Waals surface area contributed by atoms with Gasteiger partial charge in [-0.2, -0.15) is 11.8 Å². The van der Waals surface area contributed by atoms with Crippen molar-refractivity contribution in [2.45, 2.75) is 31.8 Å². The van der Waals surface area contributed by atoms with Crippen LogP contribution in [0.25, 0.3) is 0 Å². The molecule has 112 valence electrons. The van der Waals surface area contributed by atoms with E-state index in [4.69, 9.17) is 10.5 Å². The highest BCUT2D eigenvalue weighted by Gasteiger charge is 2.26. The lowest BCUT2D eigenvalue weighted by Gasteiger charge is -2.35. The van der Waals surface area contributed by atoms with Gasteiger partial charge in [0.05, 0.1) is 13.2 Å². The third-order valence-corrected chi connectivity index (χ3v) is 5.01. The maximum Gasteiger partial charge on any atom is 0.119 e. The summed E-state index contributed by atoms with van der Waals surface area (Å²) in [6.07, 6.45) is 2.24. The molecule has 1 heterocycles. The van der Waals surface area contributed by atoms with E-state index in [1.165, 1.54) is 23.5 Å². The summed E-state index contributed by atoms with van der Waals surface area (Å²) in [6.45, 7) is 4.44. The molecule has 0 aromatic heterocycles. The van der Waals surface area contributed by atoms with Crippen molar-refractivity contribution in [2.24, 2.45) is 5.73 Å². The van der Waals surface area contributed by atoms with Gasteiger partial charge in [-0.3, -0.25) is 4.90 Å². The average Bonchev–Trinajstić information content (AvgIpc) is 2.76. The van der Waals surface area contributed by atoms with E-state index in [9.17, 15) is 0 Å². The molecule has 0 bridgehead atoms. The molecule has 0 aliphatic carbocycles. The van der Waals surface area contributed by atoms with Crippen LogP contribution in [0.2, 0.25) is 0 Å². The minimum atomic E-state index is 0.171. The van der Waals surface area contributed by atoms with E-state index in [1.54, 1.807) is 7.11 Å². The zero-order chi connectivity index (χ0) is 14.4. The summed E-state index contributed by atoms with van der Waals surface area (Å²) in [6, 6.07) is 8.85. The van der Waals surface area contributed by atoms with Crippen LogP contribution < -0.4 is 10.5 Å². The summed E-state index contributed by atoms with van der Waals surface area (Å²) in [4.78, 5) is 2.56. The maximum absolute atomic E-state index is 6.43. The lowest BCUT2D eigenvalue weighted by molar-refractivity contribution is 0.182. The highest BCUT2D eigenvalue weighted by Crippen LogP contribution is 2.29. The molecule has 2 unspecified atom stereocenters. The zero-order valence-electron chi connectivity index (χ0n) is 12.5. The molecule has 1 aliphatic rings. The van der Waals surface area contributed by atoms with Crippen LogP contribution in [0.4, 0.5) is 0 Å². The Hall–Kier alpha value is -0.710. The molecule has 20 heavy (non-hydrogen) atoms. The summed E-state index contributed by atoms with van der Waals surface area (Å²) in [5.74, 6) is 3.39. The van der Waals surface area contributed by atoms with E-state index in [2.05, 4.69) is 41.8 Å². The average molecular weight is 294 g/mol. The van der Waals surface area contributed by atoms with E-state index in [0.29, 0.717) is 6.04 Å². The van der Waals surface area contributed by atoms with E-state index in [-0.39, 0.29) is 6.04 Å². The first-order valence-electron chi connectivity index (χ1n) is 7.47. The van der Waals surface area contributed by atoms with Gasteiger partial charge in [0, 0.05) is 18.3 Å². The van der Waals surface area contributed by atoms with Gasteiger partial charge in [-0.25, -0.2) is 0 Å². The summed E-state index contributed by atoms with van der Waals surface area (Å²) in [7, 11) is 1.72. The fraction of sp³-hybridized carbons (Fsp3) is 0.625. The standard InChI is InChI=1S/C16H26N2OS/c1-3-15(17)16(18-8-5-10-20-11-9-18)13-6-4-7-14(12-13)19-2/h4,6-7,12,15-16H,3,5,8-11,17H2,1-2H3. The Kier molecular flexibility index (Phi) is 6.20. The van der Waals surface area contributed by atoms with Crippen molar-refractivity contribution in [1.82, 2.24) is 4.90 Å². The summed E-state index contributed by atoms with van der Waals surface area (Å²) >= 11 is 2.05. The monoisotopic (exact) mass is 294 g/mol. The van der Waals surface area contributed by atoms with Crippen molar-refractivity contribution >= 4 is 11.8 Å².